The summed E-state index contributed by atoms with van der Waals surface area (Å²) in [6.45, 7) is 0.759. The van der Waals surface area contributed by atoms with Gasteiger partial charge in [0, 0.05) is 30.4 Å². The number of carbonyl (C=O) groups excluding carboxylic acids is 1. The third-order valence-corrected chi connectivity index (χ3v) is 3.48. The van der Waals surface area contributed by atoms with Crippen molar-refractivity contribution < 1.29 is 9.72 Å². The smallest absolute Gasteiger partial charge is 0.287 e. The molecule has 22 heavy (non-hydrogen) atoms. The third kappa shape index (κ3) is 2.88. The average Bonchev–Trinajstić information content (AvgIpc) is 2.95. The Morgan fingerprint density at radius 2 is 1.95 bits per heavy atom. The Balaban J connectivity index is 1.70. The second-order valence-corrected chi connectivity index (χ2v) is 4.98. The van der Waals surface area contributed by atoms with Crippen molar-refractivity contribution in [3.8, 4) is 0 Å². The Labute approximate surface area is 126 Å². The zero-order valence-corrected chi connectivity index (χ0v) is 11.7. The number of hydrogen-bond donors (Lipinski definition) is 1. The minimum absolute atomic E-state index is 0.0477. The summed E-state index contributed by atoms with van der Waals surface area (Å²) in [5, 5.41) is 13.6. The number of benzene rings is 1. The summed E-state index contributed by atoms with van der Waals surface area (Å²) in [4.78, 5) is 27.5. The molecule has 2 aromatic rings. The number of carbonyl (C=O) groups is 1. The minimum Gasteiger partial charge on any atom is -0.340 e. The van der Waals surface area contributed by atoms with Crippen molar-refractivity contribution in [2.24, 2.45) is 0 Å². The molecule has 0 saturated carbocycles. The molecule has 1 N–H and O–H groups in total. The molecule has 112 valence electrons. The fourth-order valence-corrected chi connectivity index (χ4v) is 2.36. The Kier molecular flexibility index (Phi) is 3.69. The van der Waals surface area contributed by atoms with Gasteiger partial charge in [0.05, 0.1) is 4.92 Å². The van der Waals surface area contributed by atoms with E-state index < -0.39 is 4.92 Å². The van der Waals surface area contributed by atoms with Crippen LogP contribution < -0.4 is 10.2 Å². The Bertz CT molecular complexity index is 698. The van der Waals surface area contributed by atoms with Crippen LogP contribution in [0.1, 0.15) is 12.8 Å². The molecule has 0 bridgehead atoms. The molecule has 0 atom stereocenters. The third-order valence-electron chi connectivity index (χ3n) is 3.48. The molecule has 1 aromatic carbocycles. The molecule has 7 nitrogen and oxygen atoms in total. The highest BCUT2D eigenvalue weighted by molar-refractivity contribution is 5.95. The molecular formula is C15H14N4O3. The lowest BCUT2D eigenvalue weighted by Gasteiger charge is -2.16. The fraction of sp³-hybridized carbons (Fsp3) is 0.200. The highest BCUT2D eigenvalue weighted by atomic mass is 16.6. The van der Waals surface area contributed by atoms with E-state index in [4.69, 9.17) is 0 Å². The van der Waals surface area contributed by atoms with Crippen molar-refractivity contribution in [2.75, 3.05) is 16.8 Å². The van der Waals surface area contributed by atoms with Gasteiger partial charge in [0.2, 0.25) is 5.91 Å². The van der Waals surface area contributed by atoms with Crippen molar-refractivity contribution >= 4 is 28.8 Å². The Morgan fingerprint density at radius 3 is 2.50 bits per heavy atom. The highest BCUT2D eigenvalue weighted by Gasteiger charge is 2.21. The maximum atomic E-state index is 11.7. The quantitative estimate of drug-likeness (QED) is 0.692. The van der Waals surface area contributed by atoms with Crippen LogP contribution >= 0.6 is 0 Å². The van der Waals surface area contributed by atoms with E-state index in [-0.39, 0.29) is 11.6 Å². The molecule has 0 aliphatic carbocycles. The van der Waals surface area contributed by atoms with Gasteiger partial charge in [-0.2, -0.15) is 0 Å². The summed E-state index contributed by atoms with van der Waals surface area (Å²) in [7, 11) is 0. The normalized spacial score (nSPS) is 14.2. The molecule has 1 aliphatic rings. The first kappa shape index (κ1) is 14.0. The molecular weight excluding hydrogens is 284 g/mol. The molecule has 3 rings (SSSR count). The largest absolute Gasteiger partial charge is 0.340 e. The summed E-state index contributed by atoms with van der Waals surface area (Å²) in [5.41, 5.74) is 1.63. The first-order chi connectivity index (χ1) is 10.6. The first-order valence-corrected chi connectivity index (χ1v) is 6.91. The number of hydrogen-bond acceptors (Lipinski definition) is 5. The van der Waals surface area contributed by atoms with Gasteiger partial charge < -0.3 is 10.2 Å². The molecule has 1 aliphatic heterocycles. The van der Waals surface area contributed by atoms with Gasteiger partial charge in [-0.3, -0.25) is 14.9 Å². The zero-order chi connectivity index (χ0) is 15.5. The molecule has 1 fully saturated rings. The molecule has 0 radical (unpaired) electrons. The predicted molar refractivity (Wildman–Crippen MR) is 82.2 cm³/mol. The van der Waals surface area contributed by atoms with E-state index in [1.165, 1.54) is 12.3 Å². The number of pyridine rings is 1. The summed E-state index contributed by atoms with van der Waals surface area (Å²) in [6.07, 6.45) is 2.71. The number of nitrogens with one attached hydrogen (secondary N) is 1. The van der Waals surface area contributed by atoms with Gasteiger partial charge in [-0.1, -0.05) is 0 Å². The Hall–Kier alpha value is -2.96. The van der Waals surface area contributed by atoms with Gasteiger partial charge in [-0.05, 0) is 36.8 Å². The standard InChI is InChI=1S/C15H14N4O3/c20-15-2-1-9-18(15)12-5-3-11(4-6-12)17-14-8-7-13(10-16-14)19(21)22/h3-8,10H,1-2,9H2,(H,16,17). The van der Waals surface area contributed by atoms with Crippen LogP contribution in [0.2, 0.25) is 0 Å². The lowest BCUT2D eigenvalue weighted by Crippen LogP contribution is -2.23. The van der Waals surface area contributed by atoms with Gasteiger partial charge in [-0.15, -0.1) is 0 Å². The predicted octanol–water partition coefficient (Wildman–Crippen LogP) is 2.86. The summed E-state index contributed by atoms with van der Waals surface area (Å²) in [6, 6.07) is 10.4. The van der Waals surface area contributed by atoms with Crippen molar-refractivity contribution in [3.63, 3.8) is 0 Å². The van der Waals surface area contributed by atoms with E-state index in [1.54, 1.807) is 11.0 Å². The van der Waals surface area contributed by atoms with Gasteiger partial charge in [0.25, 0.3) is 5.69 Å². The maximum Gasteiger partial charge on any atom is 0.287 e. The second-order valence-electron chi connectivity index (χ2n) is 4.98. The molecule has 0 spiro atoms. The van der Waals surface area contributed by atoms with Crippen LogP contribution in [-0.2, 0) is 4.79 Å². The second kappa shape index (κ2) is 5.80. The summed E-state index contributed by atoms with van der Waals surface area (Å²) in [5.74, 6) is 0.674. The number of aromatic nitrogens is 1. The topological polar surface area (TPSA) is 88.4 Å². The number of anilines is 3. The van der Waals surface area contributed by atoms with E-state index in [1.807, 2.05) is 24.3 Å². The van der Waals surface area contributed by atoms with E-state index in [0.29, 0.717) is 12.2 Å². The minimum atomic E-state index is -0.487. The monoisotopic (exact) mass is 298 g/mol. The van der Waals surface area contributed by atoms with Crippen LogP contribution in [0.25, 0.3) is 0 Å². The molecule has 1 amide bonds. The number of nitro groups is 1. The van der Waals surface area contributed by atoms with E-state index >= 15 is 0 Å². The van der Waals surface area contributed by atoms with Crippen molar-refractivity contribution in [3.05, 3.63) is 52.7 Å². The highest BCUT2D eigenvalue weighted by Crippen LogP contribution is 2.24. The van der Waals surface area contributed by atoms with Crippen LogP contribution in [-0.4, -0.2) is 22.4 Å². The van der Waals surface area contributed by atoms with Crippen molar-refractivity contribution in [1.82, 2.24) is 4.98 Å². The number of nitrogens with zero attached hydrogens (tertiary/aromatic N) is 3. The average molecular weight is 298 g/mol. The van der Waals surface area contributed by atoms with Gasteiger partial charge in [0.15, 0.2) is 0 Å². The van der Waals surface area contributed by atoms with Gasteiger partial charge in [-0.25, -0.2) is 4.98 Å². The summed E-state index contributed by atoms with van der Waals surface area (Å²) >= 11 is 0. The maximum absolute atomic E-state index is 11.7. The summed E-state index contributed by atoms with van der Waals surface area (Å²) < 4.78 is 0. The van der Waals surface area contributed by atoms with Crippen LogP contribution in [0.4, 0.5) is 22.9 Å². The molecule has 0 unspecified atom stereocenters. The molecule has 7 heteroatoms. The van der Waals surface area contributed by atoms with Crippen LogP contribution in [0.3, 0.4) is 0 Å². The first-order valence-electron chi connectivity index (χ1n) is 6.91. The zero-order valence-electron chi connectivity index (χ0n) is 11.7. The van der Waals surface area contributed by atoms with Crippen LogP contribution in [0.5, 0.6) is 0 Å². The fourth-order valence-electron chi connectivity index (χ4n) is 2.36. The lowest BCUT2D eigenvalue weighted by atomic mass is 10.2. The van der Waals surface area contributed by atoms with Crippen molar-refractivity contribution in [2.45, 2.75) is 12.8 Å². The van der Waals surface area contributed by atoms with Crippen molar-refractivity contribution in [1.29, 1.82) is 0 Å². The van der Waals surface area contributed by atoms with Gasteiger partial charge >= 0.3 is 0 Å². The molecule has 2 heterocycles. The SMILES string of the molecule is O=C1CCCN1c1ccc(Nc2ccc([N+](=O)[O-])cn2)cc1. The van der Waals surface area contributed by atoms with E-state index in [2.05, 4.69) is 10.3 Å². The molecule has 1 saturated heterocycles. The van der Waals surface area contributed by atoms with Gasteiger partial charge in [0.1, 0.15) is 12.0 Å². The van der Waals surface area contributed by atoms with E-state index in [0.717, 1.165) is 24.3 Å². The van der Waals surface area contributed by atoms with Crippen LogP contribution in [0, 0.1) is 10.1 Å². The lowest BCUT2D eigenvalue weighted by molar-refractivity contribution is -0.385. The molecule has 1 aromatic heterocycles. The Morgan fingerprint density at radius 1 is 1.18 bits per heavy atom. The number of amides is 1. The number of rotatable bonds is 4. The van der Waals surface area contributed by atoms with Crippen LogP contribution in [0.15, 0.2) is 42.6 Å². The van der Waals surface area contributed by atoms with E-state index in [9.17, 15) is 14.9 Å².